The highest BCUT2D eigenvalue weighted by Gasteiger charge is 2.24. The van der Waals surface area contributed by atoms with Gasteiger partial charge in [0.05, 0.1) is 0 Å². The Morgan fingerprint density at radius 3 is 2.80 bits per heavy atom. The van der Waals surface area contributed by atoms with Gasteiger partial charge in [0.1, 0.15) is 0 Å². The summed E-state index contributed by atoms with van der Waals surface area (Å²) in [7, 11) is 0. The average molecular weight is 274 g/mol. The largest absolute Gasteiger partial charge is 0.302 e. The van der Waals surface area contributed by atoms with E-state index in [1.807, 2.05) is 0 Å². The molecular weight excluding hydrogens is 250 g/mol. The Bertz CT molecular complexity index is 175. The van der Waals surface area contributed by atoms with Crippen molar-refractivity contribution in [3.8, 4) is 0 Å². The topological polar surface area (TPSA) is 3.24 Å². The monoisotopic (exact) mass is 273 g/mol. The van der Waals surface area contributed by atoms with Gasteiger partial charge < -0.3 is 4.90 Å². The molecule has 3 atom stereocenters. The summed E-state index contributed by atoms with van der Waals surface area (Å²) in [5.74, 6) is 1.97. The Morgan fingerprint density at radius 1 is 1.20 bits per heavy atom. The molecule has 1 saturated heterocycles. The van der Waals surface area contributed by atoms with Crippen LogP contribution in [0, 0.1) is 11.8 Å². The zero-order valence-electron chi connectivity index (χ0n) is 9.92. The van der Waals surface area contributed by atoms with Crippen molar-refractivity contribution < 1.29 is 0 Å². The minimum absolute atomic E-state index is 0.757. The second kappa shape index (κ2) is 5.67. The van der Waals surface area contributed by atoms with Crippen LogP contribution in [-0.4, -0.2) is 29.4 Å². The van der Waals surface area contributed by atoms with E-state index >= 15 is 0 Å². The van der Waals surface area contributed by atoms with Crippen LogP contribution in [0.5, 0.6) is 0 Å². The molecule has 0 bridgehead atoms. The maximum Gasteiger partial charge on any atom is 0.0273 e. The van der Waals surface area contributed by atoms with Crippen molar-refractivity contribution in [1.82, 2.24) is 4.90 Å². The van der Waals surface area contributed by atoms with Crippen molar-refractivity contribution in [2.24, 2.45) is 11.8 Å². The lowest BCUT2D eigenvalue weighted by Crippen LogP contribution is -2.39. The summed E-state index contributed by atoms with van der Waals surface area (Å²) in [6.07, 6.45) is 8.65. The third-order valence-corrected chi connectivity index (χ3v) is 4.76. The van der Waals surface area contributed by atoms with E-state index in [2.05, 4.69) is 27.8 Å². The van der Waals surface area contributed by atoms with Gasteiger partial charge in [-0.25, -0.2) is 0 Å². The molecule has 2 fully saturated rings. The summed E-state index contributed by atoms with van der Waals surface area (Å²) in [5.41, 5.74) is 0. The highest BCUT2D eigenvalue weighted by molar-refractivity contribution is 9.09. The van der Waals surface area contributed by atoms with Gasteiger partial charge in [0, 0.05) is 17.9 Å². The molecule has 1 saturated carbocycles. The Hall–Kier alpha value is 0.440. The Balaban J connectivity index is 1.75. The van der Waals surface area contributed by atoms with E-state index in [9.17, 15) is 0 Å². The van der Waals surface area contributed by atoms with Crippen molar-refractivity contribution >= 4 is 15.9 Å². The van der Waals surface area contributed by atoms with Crippen LogP contribution in [0.25, 0.3) is 0 Å². The Kier molecular flexibility index (Phi) is 4.51. The van der Waals surface area contributed by atoms with Gasteiger partial charge in [-0.2, -0.15) is 0 Å². The summed E-state index contributed by atoms with van der Waals surface area (Å²) in [6.45, 7) is 6.42. The number of alkyl halides is 1. The second-order valence-electron chi connectivity index (χ2n) is 5.64. The summed E-state index contributed by atoms with van der Waals surface area (Å²) >= 11 is 3.76. The molecule has 0 amide bonds. The molecule has 15 heavy (non-hydrogen) atoms. The highest BCUT2D eigenvalue weighted by atomic mass is 79.9. The SMILES string of the molecule is CC1CCCC(CN2CCCC(Br)C2)C1. The first-order valence-corrected chi connectivity index (χ1v) is 7.52. The molecule has 0 aromatic heterocycles. The predicted molar refractivity (Wildman–Crippen MR) is 69.5 cm³/mol. The van der Waals surface area contributed by atoms with Crippen LogP contribution in [-0.2, 0) is 0 Å². The summed E-state index contributed by atoms with van der Waals surface area (Å²) in [4.78, 5) is 3.44. The standard InChI is InChI=1S/C13H24BrN/c1-11-4-2-5-12(8-11)9-15-7-3-6-13(14)10-15/h11-13H,2-10H2,1H3. The van der Waals surface area contributed by atoms with E-state index < -0.39 is 0 Å². The van der Waals surface area contributed by atoms with Crippen LogP contribution in [0.2, 0.25) is 0 Å². The summed E-state index contributed by atoms with van der Waals surface area (Å²) in [6, 6.07) is 0. The Labute approximate surface area is 103 Å². The molecule has 88 valence electrons. The zero-order valence-corrected chi connectivity index (χ0v) is 11.5. The van der Waals surface area contributed by atoms with Gasteiger partial charge >= 0.3 is 0 Å². The number of hydrogen-bond donors (Lipinski definition) is 0. The summed E-state index contributed by atoms with van der Waals surface area (Å²) in [5, 5.41) is 0. The van der Waals surface area contributed by atoms with Crippen LogP contribution < -0.4 is 0 Å². The van der Waals surface area contributed by atoms with Crippen LogP contribution in [0.15, 0.2) is 0 Å². The van der Waals surface area contributed by atoms with Gasteiger partial charge in [-0.1, -0.05) is 35.7 Å². The lowest BCUT2D eigenvalue weighted by atomic mass is 9.82. The van der Waals surface area contributed by atoms with E-state index in [0.717, 1.165) is 16.7 Å². The molecule has 2 aliphatic rings. The fraction of sp³-hybridized carbons (Fsp3) is 1.00. The normalized spacial score (nSPS) is 39.2. The molecule has 0 aromatic rings. The van der Waals surface area contributed by atoms with Gasteiger partial charge in [-0.05, 0) is 44.1 Å². The molecule has 0 aromatic carbocycles. The number of likely N-dealkylation sites (tertiary alicyclic amines) is 1. The zero-order chi connectivity index (χ0) is 10.7. The lowest BCUT2D eigenvalue weighted by Gasteiger charge is -2.35. The fourth-order valence-electron chi connectivity index (χ4n) is 3.26. The van der Waals surface area contributed by atoms with E-state index in [-0.39, 0.29) is 0 Å². The first-order chi connectivity index (χ1) is 7.24. The number of hydrogen-bond acceptors (Lipinski definition) is 1. The van der Waals surface area contributed by atoms with Crippen molar-refractivity contribution in [3.05, 3.63) is 0 Å². The molecule has 3 unspecified atom stereocenters. The average Bonchev–Trinajstić information content (AvgIpc) is 2.17. The van der Waals surface area contributed by atoms with Gasteiger partial charge in [-0.15, -0.1) is 0 Å². The van der Waals surface area contributed by atoms with Crippen LogP contribution in [0.1, 0.15) is 45.4 Å². The van der Waals surface area contributed by atoms with Crippen LogP contribution in [0.3, 0.4) is 0 Å². The van der Waals surface area contributed by atoms with E-state index in [1.54, 1.807) is 0 Å². The number of nitrogens with zero attached hydrogens (tertiary/aromatic N) is 1. The first kappa shape index (κ1) is 11.9. The van der Waals surface area contributed by atoms with Crippen molar-refractivity contribution in [2.45, 2.75) is 50.3 Å². The van der Waals surface area contributed by atoms with Gasteiger partial charge in [-0.3, -0.25) is 0 Å². The highest BCUT2D eigenvalue weighted by Crippen LogP contribution is 2.30. The van der Waals surface area contributed by atoms with Gasteiger partial charge in [0.2, 0.25) is 0 Å². The smallest absolute Gasteiger partial charge is 0.0273 e. The minimum Gasteiger partial charge on any atom is -0.302 e. The Morgan fingerprint density at radius 2 is 2.07 bits per heavy atom. The van der Waals surface area contributed by atoms with E-state index in [0.29, 0.717) is 0 Å². The van der Waals surface area contributed by atoms with Gasteiger partial charge in [0.25, 0.3) is 0 Å². The maximum atomic E-state index is 3.76. The molecule has 1 aliphatic heterocycles. The molecule has 1 heterocycles. The molecule has 0 radical (unpaired) electrons. The number of halogens is 1. The third kappa shape index (κ3) is 3.74. The molecule has 1 aliphatic carbocycles. The van der Waals surface area contributed by atoms with Crippen molar-refractivity contribution in [2.75, 3.05) is 19.6 Å². The lowest BCUT2D eigenvalue weighted by molar-refractivity contribution is 0.162. The molecule has 0 spiro atoms. The van der Waals surface area contributed by atoms with E-state index in [1.165, 1.54) is 58.2 Å². The van der Waals surface area contributed by atoms with Gasteiger partial charge in [0.15, 0.2) is 0 Å². The molecule has 0 N–H and O–H groups in total. The first-order valence-electron chi connectivity index (χ1n) is 6.60. The number of rotatable bonds is 2. The van der Waals surface area contributed by atoms with E-state index in [4.69, 9.17) is 0 Å². The van der Waals surface area contributed by atoms with Crippen LogP contribution in [0.4, 0.5) is 0 Å². The van der Waals surface area contributed by atoms with Crippen LogP contribution >= 0.6 is 15.9 Å². The molecule has 1 nitrogen and oxygen atoms in total. The fourth-order valence-corrected chi connectivity index (χ4v) is 3.99. The van der Waals surface area contributed by atoms with Crippen molar-refractivity contribution in [3.63, 3.8) is 0 Å². The molecule has 2 rings (SSSR count). The molecular formula is C13H24BrN. The summed E-state index contributed by atoms with van der Waals surface area (Å²) < 4.78 is 0. The second-order valence-corrected chi connectivity index (χ2v) is 6.93. The third-order valence-electron chi connectivity index (χ3n) is 4.01. The quantitative estimate of drug-likeness (QED) is 0.694. The maximum absolute atomic E-state index is 3.76. The van der Waals surface area contributed by atoms with Crippen molar-refractivity contribution in [1.29, 1.82) is 0 Å². The predicted octanol–water partition coefficient (Wildman–Crippen LogP) is 3.67. The minimum atomic E-state index is 0.757. The number of piperidine rings is 1. The molecule has 2 heteroatoms.